The van der Waals surface area contributed by atoms with E-state index in [1.807, 2.05) is 24.3 Å². The van der Waals surface area contributed by atoms with E-state index < -0.39 is 16.1 Å². The number of benzene rings is 2. The Balaban J connectivity index is 1.87. The number of hydrogen-bond donors (Lipinski definition) is 1. The lowest BCUT2D eigenvalue weighted by molar-refractivity contribution is -0.122. The fraction of sp³-hybridized carbons (Fsp3) is 0.381. The molecule has 0 bridgehead atoms. The first kappa shape index (κ1) is 22.0. The van der Waals surface area contributed by atoms with Gasteiger partial charge in [0.15, 0.2) is 0 Å². The molecule has 6 nitrogen and oxygen atoms in total. The topological polar surface area (TPSA) is 75.7 Å². The van der Waals surface area contributed by atoms with Gasteiger partial charge in [0, 0.05) is 37.7 Å². The third-order valence-corrected chi connectivity index (χ3v) is 7.46. The van der Waals surface area contributed by atoms with Crippen molar-refractivity contribution >= 4 is 31.9 Å². The average molecular weight is 481 g/mol. The third kappa shape index (κ3) is 5.25. The second-order valence-electron chi connectivity index (χ2n) is 6.93. The minimum atomic E-state index is -3.73. The van der Waals surface area contributed by atoms with Crippen LogP contribution >= 0.6 is 15.9 Å². The number of nitrogens with zero attached hydrogens (tertiary/aromatic N) is 1. The summed E-state index contributed by atoms with van der Waals surface area (Å²) in [6.45, 7) is 1.41. The number of rotatable bonds is 8. The monoisotopic (exact) mass is 480 g/mol. The number of methoxy groups -OCH3 is 1. The molecule has 0 saturated carbocycles. The molecular weight excluding hydrogens is 456 g/mol. The molecule has 2 aromatic carbocycles. The summed E-state index contributed by atoms with van der Waals surface area (Å²) < 4.78 is 34.0. The Kier molecular flexibility index (Phi) is 7.45. The van der Waals surface area contributed by atoms with E-state index in [1.54, 1.807) is 31.4 Å². The van der Waals surface area contributed by atoms with Crippen LogP contribution in [0.1, 0.15) is 30.0 Å². The maximum atomic E-state index is 13.4. The van der Waals surface area contributed by atoms with Crippen molar-refractivity contribution in [2.24, 2.45) is 0 Å². The first-order valence-electron chi connectivity index (χ1n) is 9.54. The highest BCUT2D eigenvalue weighted by atomic mass is 79.9. The van der Waals surface area contributed by atoms with E-state index in [9.17, 15) is 13.2 Å². The van der Waals surface area contributed by atoms with Gasteiger partial charge in [-0.3, -0.25) is 4.79 Å². The quantitative estimate of drug-likeness (QED) is 0.588. The van der Waals surface area contributed by atoms with Crippen LogP contribution in [-0.4, -0.2) is 45.4 Å². The second-order valence-corrected chi connectivity index (χ2v) is 9.74. The van der Waals surface area contributed by atoms with Crippen LogP contribution in [0.15, 0.2) is 57.9 Å². The van der Waals surface area contributed by atoms with E-state index in [1.165, 1.54) is 4.31 Å². The molecule has 1 N–H and O–H groups in total. The van der Waals surface area contributed by atoms with Gasteiger partial charge in [-0.25, -0.2) is 8.42 Å². The van der Waals surface area contributed by atoms with Gasteiger partial charge in [0.1, 0.15) is 0 Å². The Morgan fingerprint density at radius 3 is 2.66 bits per heavy atom. The largest absolute Gasteiger partial charge is 0.385 e. The molecular formula is C21H25BrN2O4S. The molecule has 0 spiro atoms. The molecule has 1 heterocycles. The zero-order valence-corrected chi connectivity index (χ0v) is 18.7. The molecule has 0 unspecified atom stereocenters. The smallest absolute Gasteiger partial charge is 0.243 e. The first-order valence-corrected chi connectivity index (χ1v) is 11.8. The summed E-state index contributed by atoms with van der Waals surface area (Å²) in [4.78, 5) is 12.8. The molecule has 0 radical (unpaired) electrons. The van der Waals surface area contributed by atoms with E-state index >= 15 is 0 Å². The van der Waals surface area contributed by atoms with Gasteiger partial charge < -0.3 is 10.1 Å². The van der Waals surface area contributed by atoms with E-state index in [-0.39, 0.29) is 17.2 Å². The third-order valence-electron chi connectivity index (χ3n) is 5.01. The van der Waals surface area contributed by atoms with Gasteiger partial charge in [-0.05, 0) is 48.2 Å². The highest BCUT2D eigenvalue weighted by Crippen LogP contribution is 2.36. The predicted octanol–water partition coefficient (Wildman–Crippen LogP) is 3.28. The normalized spacial score (nSPS) is 17.0. The van der Waals surface area contributed by atoms with Crippen LogP contribution in [0.25, 0.3) is 0 Å². The van der Waals surface area contributed by atoms with Crippen molar-refractivity contribution in [3.63, 3.8) is 0 Å². The van der Waals surface area contributed by atoms with Crippen LogP contribution < -0.4 is 5.32 Å². The Hall–Kier alpha value is -1.74. The number of fused-ring (bicyclic) bond motifs is 1. The van der Waals surface area contributed by atoms with Gasteiger partial charge in [0.2, 0.25) is 15.9 Å². The number of carbonyl (C=O) groups is 1. The van der Waals surface area contributed by atoms with Gasteiger partial charge in [0.05, 0.1) is 10.9 Å². The molecule has 29 heavy (non-hydrogen) atoms. The van der Waals surface area contributed by atoms with E-state index in [0.717, 1.165) is 15.6 Å². The van der Waals surface area contributed by atoms with Crippen molar-refractivity contribution in [3.05, 3.63) is 64.1 Å². The number of amides is 1. The summed E-state index contributed by atoms with van der Waals surface area (Å²) in [5, 5.41) is 2.87. The molecule has 0 fully saturated rings. The van der Waals surface area contributed by atoms with Crippen molar-refractivity contribution in [2.75, 3.05) is 26.8 Å². The first-order chi connectivity index (χ1) is 13.9. The summed E-state index contributed by atoms with van der Waals surface area (Å²) in [6.07, 6.45) is 1.42. The summed E-state index contributed by atoms with van der Waals surface area (Å²) in [5.74, 6) is -0.168. The molecule has 3 rings (SSSR count). The van der Waals surface area contributed by atoms with Gasteiger partial charge in [-0.1, -0.05) is 40.2 Å². The van der Waals surface area contributed by atoms with E-state index in [0.29, 0.717) is 32.5 Å². The van der Waals surface area contributed by atoms with Crippen LogP contribution in [0.5, 0.6) is 0 Å². The average Bonchev–Trinajstić information content (AvgIpc) is 2.71. The van der Waals surface area contributed by atoms with Crippen LogP contribution in [0.2, 0.25) is 0 Å². The molecule has 1 aliphatic rings. The molecule has 1 amide bonds. The molecule has 0 saturated heterocycles. The van der Waals surface area contributed by atoms with Crippen molar-refractivity contribution in [1.82, 2.24) is 9.62 Å². The summed E-state index contributed by atoms with van der Waals surface area (Å²) in [6, 6.07) is 13.8. The maximum absolute atomic E-state index is 13.4. The minimum absolute atomic E-state index is 0.0831. The van der Waals surface area contributed by atoms with Crippen LogP contribution in [0.3, 0.4) is 0 Å². The van der Waals surface area contributed by atoms with E-state index in [4.69, 9.17) is 4.74 Å². The Labute approximate surface area is 180 Å². The number of nitrogens with one attached hydrogen (secondary N) is 1. The standard InChI is InChI=1S/C21H25BrN2O4S/c1-28-14-4-12-23-21(25)15-20-19-6-3-2-5-16(19)11-13-24(20)29(26,27)18-9-7-17(22)8-10-18/h2-3,5-10,20H,4,11-15H2,1H3,(H,23,25)/t20-/m0/s1. The molecule has 0 aliphatic carbocycles. The van der Waals surface area contributed by atoms with Gasteiger partial charge in [-0.2, -0.15) is 4.31 Å². The van der Waals surface area contributed by atoms with Crippen molar-refractivity contribution in [3.8, 4) is 0 Å². The van der Waals surface area contributed by atoms with E-state index in [2.05, 4.69) is 21.2 Å². The lowest BCUT2D eigenvalue weighted by atomic mass is 9.92. The highest BCUT2D eigenvalue weighted by Gasteiger charge is 2.37. The molecule has 8 heteroatoms. The summed E-state index contributed by atoms with van der Waals surface area (Å²) in [7, 11) is -2.12. The second kappa shape index (κ2) is 9.84. The SMILES string of the molecule is COCCCNC(=O)C[C@H]1c2ccccc2CCN1S(=O)(=O)c1ccc(Br)cc1. The molecule has 2 aromatic rings. The molecule has 156 valence electrons. The summed E-state index contributed by atoms with van der Waals surface area (Å²) in [5.41, 5.74) is 1.98. The Morgan fingerprint density at radius 2 is 1.93 bits per heavy atom. The van der Waals surface area contributed by atoms with Crippen LogP contribution in [0, 0.1) is 0 Å². The van der Waals surface area contributed by atoms with Crippen molar-refractivity contribution < 1.29 is 17.9 Å². The number of halogens is 1. The van der Waals surface area contributed by atoms with Gasteiger partial charge >= 0.3 is 0 Å². The Morgan fingerprint density at radius 1 is 1.21 bits per heavy atom. The predicted molar refractivity (Wildman–Crippen MR) is 115 cm³/mol. The van der Waals surface area contributed by atoms with Gasteiger partial charge in [-0.15, -0.1) is 0 Å². The number of sulfonamides is 1. The molecule has 1 atom stereocenters. The molecule has 0 aromatic heterocycles. The number of carbonyl (C=O) groups excluding carboxylic acids is 1. The minimum Gasteiger partial charge on any atom is -0.385 e. The fourth-order valence-electron chi connectivity index (χ4n) is 3.56. The Bertz CT molecular complexity index is 947. The maximum Gasteiger partial charge on any atom is 0.243 e. The number of hydrogen-bond acceptors (Lipinski definition) is 4. The number of ether oxygens (including phenoxy) is 1. The molecule has 1 aliphatic heterocycles. The zero-order chi connectivity index (χ0) is 20.9. The summed E-state index contributed by atoms with van der Waals surface area (Å²) >= 11 is 3.34. The highest BCUT2D eigenvalue weighted by molar-refractivity contribution is 9.10. The van der Waals surface area contributed by atoms with Gasteiger partial charge in [0.25, 0.3) is 0 Å². The lowest BCUT2D eigenvalue weighted by Gasteiger charge is -2.36. The fourth-order valence-corrected chi connectivity index (χ4v) is 5.43. The van der Waals surface area contributed by atoms with Crippen molar-refractivity contribution in [2.45, 2.75) is 30.2 Å². The zero-order valence-electron chi connectivity index (χ0n) is 16.3. The van der Waals surface area contributed by atoms with Crippen LogP contribution in [0.4, 0.5) is 0 Å². The van der Waals surface area contributed by atoms with Crippen molar-refractivity contribution in [1.29, 1.82) is 0 Å². The lowest BCUT2D eigenvalue weighted by Crippen LogP contribution is -2.42. The van der Waals surface area contributed by atoms with Crippen LogP contribution in [-0.2, 0) is 26.0 Å².